The van der Waals surface area contributed by atoms with Crippen molar-refractivity contribution in [2.75, 3.05) is 5.32 Å². The first-order valence-corrected chi connectivity index (χ1v) is 6.85. The molecule has 1 N–H and O–H groups in total. The second kappa shape index (κ2) is 3.68. The number of nitrogens with zero attached hydrogens (tertiary/aromatic N) is 1. The summed E-state index contributed by atoms with van der Waals surface area (Å²) in [4.78, 5) is 10.5. The molecule has 0 saturated heterocycles. The summed E-state index contributed by atoms with van der Waals surface area (Å²) in [6, 6.07) is 3.95. The molecule has 0 aliphatic heterocycles. The van der Waals surface area contributed by atoms with E-state index in [2.05, 4.69) is 5.32 Å². The highest BCUT2D eigenvalue weighted by atomic mass is 19.1. The monoisotopic (exact) mass is 262 g/mol. The molecule has 4 rings (SSSR count). The van der Waals surface area contributed by atoms with E-state index in [0.29, 0.717) is 23.6 Å². The van der Waals surface area contributed by atoms with Crippen LogP contribution in [0, 0.1) is 39.6 Å². The summed E-state index contributed by atoms with van der Waals surface area (Å²) >= 11 is 0. The van der Waals surface area contributed by atoms with Crippen molar-refractivity contribution in [2.45, 2.75) is 25.3 Å². The molecule has 4 atom stereocenters. The van der Waals surface area contributed by atoms with Crippen LogP contribution in [0.2, 0.25) is 0 Å². The van der Waals surface area contributed by atoms with Crippen LogP contribution in [-0.2, 0) is 0 Å². The third-order valence-electron chi connectivity index (χ3n) is 5.21. The Morgan fingerprint density at radius 1 is 1.26 bits per heavy atom. The first-order valence-electron chi connectivity index (χ1n) is 6.85. The maximum Gasteiger partial charge on any atom is 0.292 e. The number of halogens is 1. The Balaban J connectivity index is 1.58. The Hall–Kier alpha value is -1.65. The van der Waals surface area contributed by atoms with Gasteiger partial charge in [-0.25, -0.2) is 4.39 Å². The molecule has 4 nitrogen and oxygen atoms in total. The van der Waals surface area contributed by atoms with Crippen molar-refractivity contribution >= 4 is 11.4 Å². The molecule has 5 heteroatoms. The molecular formula is C14H15FN2O2. The number of hydrogen-bond donors (Lipinski definition) is 1. The first-order chi connectivity index (χ1) is 9.15. The van der Waals surface area contributed by atoms with E-state index in [1.807, 2.05) is 0 Å². The van der Waals surface area contributed by atoms with Gasteiger partial charge >= 0.3 is 0 Å². The Morgan fingerprint density at radius 3 is 2.58 bits per heavy atom. The second-order valence-corrected chi connectivity index (χ2v) is 6.08. The standard InChI is InChI=1S/C14H15FN2O2/c15-9-3-4-11(17(18)19)10(6-9)16-14-12-7-1-2-8(5-7)13(12)14/h3-4,6-8,12-14,16H,1-2,5H2. The van der Waals surface area contributed by atoms with Gasteiger partial charge in [0.15, 0.2) is 0 Å². The zero-order valence-corrected chi connectivity index (χ0v) is 10.4. The number of hydrogen-bond acceptors (Lipinski definition) is 3. The molecule has 3 aliphatic rings. The van der Waals surface area contributed by atoms with Gasteiger partial charge in [0.2, 0.25) is 0 Å². The van der Waals surface area contributed by atoms with Crippen molar-refractivity contribution < 1.29 is 9.31 Å². The molecule has 1 aromatic rings. The average Bonchev–Trinajstić information content (AvgIpc) is 2.78. The fourth-order valence-corrected chi connectivity index (χ4v) is 4.48. The van der Waals surface area contributed by atoms with E-state index >= 15 is 0 Å². The summed E-state index contributed by atoms with van der Waals surface area (Å²) in [5.41, 5.74) is 0.308. The van der Waals surface area contributed by atoms with Crippen molar-refractivity contribution in [3.8, 4) is 0 Å². The van der Waals surface area contributed by atoms with Crippen molar-refractivity contribution in [1.29, 1.82) is 0 Å². The Morgan fingerprint density at radius 2 is 1.95 bits per heavy atom. The Kier molecular flexibility index (Phi) is 2.17. The van der Waals surface area contributed by atoms with E-state index in [1.54, 1.807) is 0 Å². The molecule has 0 heterocycles. The number of nitro benzene ring substituents is 1. The van der Waals surface area contributed by atoms with Gasteiger partial charge in [0, 0.05) is 18.2 Å². The number of rotatable bonds is 3. The molecule has 1 aromatic carbocycles. The maximum atomic E-state index is 13.3. The molecule has 3 saturated carbocycles. The van der Waals surface area contributed by atoms with E-state index in [4.69, 9.17) is 0 Å². The lowest BCUT2D eigenvalue weighted by Crippen LogP contribution is -2.13. The molecule has 3 aliphatic carbocycles. The second-order valence-electron chi connectivity index (χ2n) is 6.08. The van der Waals surface area contributed by atoms with Gasteiger partial charge in [0.05, 0.1) is 4.92 Å². The lowest BCUT2D eigenvalue weighted by atomic mass is 10.0. The predicted octanol–water partition coefficient (Wildman–Crippen LogP) is 3.19. The summed E-state index contributed by atoms with van der Waals surface area (Å²) in [5.74, 6) is 2.49. The van der Waals surface area contributed by atoms with Gasteiger partial charge in [-0.05, 0) is 49.0 Å². The van der Waals surface area contributed by atoms with Crippen LogP contribution in [0.3, 0.4) is 0 Å². The fraction of sp³-hybridized carbons (Fsp3) is 0.571. The molecule has 2 bridgehead atoms. The SMILES string of the molecule is O=[N+]([O-])c1ccc(F)cc1NC1C2C3CCC(C3)C12. The third kappa shape index (κ3) is 1.57. The van der Waals surface area contributed by atoms with Gasteiger partial charge in [0.25, 0.3) is 5.69 Å². The van der Waals surface area contributed by atoms with E-state index in [-0.39, 0.29) is 5.69 Å². The first kappa shape index (κ1) is 11.2. The number of anilines is 1. The average molecular weight is 262 g/mol. The van der Waals surface area contributed by atoms with Crippen LogP contribution in [0.4, 0.5) is 15.8 Å². The highest BCUT2D eigenvalue weighted by Crippen LogP contribution is 2.66. The van der Waals surface area contributed by atoms with Crippen LogP contribution in [0.25, 0.3) is 0 Å². The van der Waals surface area contributed by atoms with Crippen molar-refractivity contribution in [1.82, 2.24) is 0 Å². The molecule has 19 heavy (non-hydrogen) atoms. The summed E-state index contributed by atoms with van der Waals surface area (Å²) in [7, 11) is 0. The molecule has 0 aromatic heterocycles. The lowest BCUT2D eigenvalue weighted by molar-refractivity contribution is -0.384. The van der Waals surface area contributed by atoms with Gasteiger partial charge in [-0.3, -0.25) is 10.1 Å². The van der Waals surface area contributed by atoms with Crippen LogP contribution in [0.5, 0.6) is 0 Å². The summed E-state index contributed by atoms with van der Waals surface area (Å²) in [6.45, 7) is 0. The summed E-state index contributed by atoms with van der Waals surface area (Å²) < 4.78 is 13.3. The molecule has 0 spiro atoms. The van der Waals surface area contributed by atoms with E-state index in [9.17, 15) is 14.5 Å². The predicted molar refractivity (Wildman–Crippen MR) is 68.3 cm³/mol. The molecule has 3 fully saturated rings. The molecule has 100 valence electrons. The van der Waals surface area contributed by atoms with Crippen LogP contribution < -0.4 is 5.32 Å². The zero-order valence-electron chi connectivity index (χ0n) is 10.4. The van der Waals surface area contributed by atoms with Crippen LogP contribution in [0.1, 0.15) is 19.3 Å². The number of benzene rings is 1. The zero-order chi connectivity index (χ0) is 13.1. The largest absolute Gasteiger partial charge is 0.376 e. The summed E-state index contributed by atoms with van der Waals surface area (Å²) in [6.07, 6.45) is 3.93. The molecular weight excluding hydrogens is 247 g/mol. The molecule has 0 amide bonds. The molecule has 4 unspecified atom stereocenters. The number of nitro groups is 1. The summed E-state index contributed by atoms with van der Waals surface area (Å²) in [5, 5.41) is 14.2. The topological polar surface area (TPSA) is 55.2 Å². The quantitative estimate of drug-likeness (QED) is 0.672. The fourth-order valence-electron chi connectivity index (χ4n) is 4.48. The Labute approximate surface area is 110 Å². The normalized spacial score (nSPS) is 38.1. The van der Waals surface area contributed by atoms with Gasteiger partial charge in [0.1, 0.15) is 11.5 Å². The minimum Gasteiger partial charge on any atom is -0.376 e. The van der Waals surface area contributed by atoms with E-state index in [0.717, 1.165) is 17.9 Å². The third-order valence-corrected chi connectivity index (χ3v) is 5.21. The van der Waals surface area contributed by atoms with Gasteiger partial charge in [-0.15, -0.1) is 0 Å². The molecule has 0 radical (unpaired) electrons. The van der Waals surface area contributed by atoms with Gasteiger partial charge in [-0.1, -0.05) is 0 Å². The lowest BCUT2D eigenvalue weighted by Gasteiger charge is -2.12. The van der Waals surface area contributed by atoms with Crippen molar-refractivity contribution in [3.05, 3.63) is 34.1 Å². The number of fused-ring (bicyclic) bond motifs is 5. The van der Waals surface area contributed by atoms with Gasteiger partial charge in [-0.2, -0.15) is 0 Å². The Bertz CT molecular complexity index is 546. The van der Waals surface area contributed by atoms with Gasteiger partial charge < -0.3 is 5.32 Å². The van der Waals surface area contributed by atoms with E-state index < -0.39 is 10.7 Å². The minimum atomic E-state index is -0.450. The van der Waals surface area contributed by atoms with Crippen molar-refractivity contribution in [2.24, 2.45) is 23.7 Å². The van der Waals surface area contributed by atoms with E-state index in [1.165, 1.54) is 31.4 Å². The van der Waals surface area contributed by atoms with Crippen LogP contribution in [-0.4, -0.2) is 11.0 Å². The number of nitrogens with one attached hydrogen (secondary N) is 1. The highest BCUT2D eigenvalue weighted by molar-refractivity contribution is 5.63. The minimum absolute atomic E-state index is 0.0290. The maximum absolute atomic E-state index is 13.3. The van der Waals surface area contributed by atoms with Crippen LogP contribution >= 0.6 is 0 Å². The van der Waals surface area contributed by atoms with Crippen molar-refractivity contribution in [3.63, 3.8) is 0 Å². The highest BCUT2D eigenvalue weighted by Gasteiger charge is 2.65. The smallest absolute Gasteiger partial charge is 0.292 e. The van der Waals surface area contributed by atoms with Crippen LogP contribution in [0.15, 0.2) is 18.2 Å².